The third-order valence-corrected chi connectivity index (χ3v) is 6.02. The lowest BCUT2D eigenvalue weighted by atomic mass is 9.82. The molecule has 3 rings (SSSR count). The lowest BCUT2D eigenvalue weighted by Crippen LogP contribution is -2.52. The third-order valence-electron chi connectivity index (χ3n) is 4.80. The van der Waals surface area contributed by atoms with Gasteiger partial charge in [0, 0.05) is 5.75 Å². The van der Waals surface area contributed by atoms with Crippen LogP contribution in [0.25, 0.3) is 0 Å². The van der Waals surface area contributed by atoms with Crippen LogP contribution in [-0.2, 0) is 15.3 Å². The van der Waals surface area contributed by atoms with Crippen LogP contribution >= 0.6 is 11.8 Å². The van der Waals surface area contributed by atoms with Gasteiger partial charge in [-0.25, -0.2) is 4.79 Å². The van der Waals surface area contributed by atoms with E-state index < -0.39 is 11.6 Å². The van der Waals surface area contributed by atoms with Crippen molar-refractivity contribution < 1.29 is 14.4 Å². The Balaban J connectivity index is 1.56. The van der Waals surface area contributed by atoms with E-state index in [1.165, 1.54) is 11.8 Å². The lowest BCUT2D eigenvalue weighted by molar-refractivity contribution is -0.139. The maximum absolute atomic E-state index is 12.7. The molecule has 1 saturated carbocycles. The van der Waals surface area contributed by atoms with Crippen LogP contribution in [0.2, 0.25) is 0 Å². The molecule has 25 heavy (non-hydrogen) atoms. The minimum atomic E-state index is -0.816. The maximum atomic E-state index is 12.7. The van der Waals surface area contributed by atoms with Crippen molar-refractivity contribution in [1.29, 1.82) is 0 Å². The van der Waals surface area contributed by atoms with E-state index in [-0.39, 0.29) is 17.1 Å². The standard InChI is InChI=1S/C18H23N3O3S/c1-13(25-12-14-8-4-2-5-9-14)15(22)20-21-16(23)18(19-17(21)24)10-6-3-7-11-18/h2,4-5,8-9,13H,3,6-7,10-12H2,1H3,(H,19,24)(H,20,22)/t13-/m1/s1. The Kier molecular flexibility index (Phi) is 5.32. The average molecular weight is 361 g/mol. The second-order valence-electron chi connectivity index (χ2n) is 6.63. The van der Waals surface area contributed by atoms with Crippen LogP contribution < -0.4 is 10.7 Å². The molecule has 2 aliphatic rings. The van der Waals surface area contributed by atoms with Crippen molar-refractivity contribution in [3.63, 3.8) is 0 Å². The molecule has 1 aliphatic carbocycles. The molecule has 1 aromatic rings. The molecule has 0 aromatic heterocycles. The van der Waals surface area contributed by atoms with Crippen LogP contribution in [-0.4, -0.2) is 33.6 Å². The summed E-state index contributed by atoms with van der Waals surface area (Å²) in [7, 11) is 0. The summed E-state index contributed by atoms with van der Waals surface area (Å²) >= 11 is 1.47. The lowest BCUT2D eigenvalue weighted by Gasteiger charge is -2.30. The van der Waals surface area contributed by atoms with Crippen LogP contribution in [0, 0.1) is 0 Å². The molecule has 1 heterocycles. The summed E-state index contributed by atoms with van der Waals surface area (Å²) in [4.78, 5) is 37.2. The van der Waals surface area contributed by atoms with Gasteiger partial charge in [-0.15, -0.1) is 11.8 Å². The molecule has 0 radical (unpaired) electrons. The molecule has 1 saturated heterocycles. The van der Waals surface area contributed by atoms with Gasteiger partial charge >= 0.3 is 6.03 Å². The van der Waals surface area contributed by atoms with E-state index in [2.05, 4.69) is 10.7 Å². The molecule has 1 aliphatic heterocycles. The second kappa shape index (κ2) is 7.47. The Labute approximate surface area is 151 Å². The number of urea groups is 1. The van der Waals surface area contributed by atoms with Gasteiger partial charge in [0.15, 0.2) is 0 Å². The molecule has 2 fully saturated rings. The van der Waals surface area contributed by atoms with Crippen molar-refractivity contribution in [2.45, 2.75) is 55.6 Å². The first-order valence-electron chi connectivity index (χ1n) is 8.64. The van der Waals surface area contributed by atoms with Gasteiger partial charge in [0.25, 0.3) is 11.8 Å². The number of nitrogens with one attached hydrogen (secondary N) is 2. The normalized spacial score (nSPS) is 20.4. The van der Waals surface area contributed by atoms with Gasteiger partial charge < -0.3 is 5.32 Å². The summed E-state index contributed by atoms with van der Waals surface area (Å²) < 4.78 is 0. The summed E-state index contributed by atoms with van der Waals surface area (Å²) in [5, 5.41) is 3.28. The molecule has 7 heteroatoms. The van der Waals surface area contributed by atoms with E-state index in [1.54, 1.807) is 6.92 Å². The van der Waals surface area contributed by atoms with Crippen LogP contribution in [0.3, 0.4) is 0 Å². The Bertz CT molecular complexity index is 659. The van der Waals surface area contributed by atoms with Crippen molar-refractivity contribution in [2.24, 2.45) is 0 Å². The predicted octanol–water partition coefficient (Wildman–Crippen LogP) is 2.59. The number of hydrogen-bond donors (Lipinski definition) is 2. The monoisotopic (exact) mass is 361 g/mol. The number of hydrazine groups is 1. The molecule has 1 spiro atoms. The van der Waals surface area contributed by atoms with Gasteiger partial charge in [-0.1, -0.05) is 49.6 Å². The van der Waals surface area contributed by atoms with E-state index in [0.717, 1.165) is 29.8 Å². The molecule has 6 nitrogen and oxygen atoms in total. The fraction of sp³-hybridized carbons (Fsp3) is 0.500. The van der Waals surface area contributed by atoms with Crippen molar-refractivity contribution in [3.8, 4) is 0 Å². The van der Waals surface area contributed by atoms with Gasteiger partial charge in [-0.2, -0.15) is 5.01 Å². The highest BCUT2D eigenvalue weighted by molar-refractivity contribution is 7.99. The Morgan fingerprint density at radius 2 is 1.92 bits per heavy atom. The first-order valence-corrected chi connectivity index (χ1v) is 9.69. The van der Waals surface area contributed by atoms with E-state index in [0.29, 0.717) is 18.6 Å². The topological polar surface area (TPSA) is 78.5 Å². The van der Waals surface area contributed by atoms with Gasteiger partial charge in [0.05, 0.1) is 5.25 Å². The maximum Gasteiger partial charge on any atom is 0.344 e. The number of carbonyl (C=O) groups is 3. The van der Waals surface area contributed by atoms with Crippen LogP contribution in [0.1, 0.15) is 44.6 Å². The van der Waals surface area contributed by atoms with Crippen LogP contribution in [0.5, 0.6) is 0 Å². The van der Waals surface area contributed by atoms with Crippen molar-refractivity contribution in [2.75, 3.05) is 0 Å². The van der Waals surface area contributed by atoms with Crippen molar-refractivity contribution >= 4 is 29.6 Å². The van der Waals surface area contributed by atoms with E-state index in [9.17, 15) is 14.4 Å². The fourth-order valence-electron chi connectivity index (χ4n) is 3.29. The number of nitrogens with zero attached hydrogens (tertiary/aromatic N) is 1. The fourth-order valence-corrected chi connectivity index (χ4v) is 4.13. The van der Waals surface area contributed by atoms with Crippen LogP contribution in [0.4, 0.5) is 4.79 Å². The molecule has 134 valence electrons. The van der Waals surface area contributed by atoms with Crippen molar-refractivity contribution in [1.82, 2.24) is 15.8 Å². The number of carbonyl (C=O) groups excluding carboxylic acids is 3. The van der Waals surface area contributed by atoms with E-state index >= 15 is 0 Å². The number of amides is 4. The van der Waals surface area contributed by atoms with Gasteiger partial charge in [-0.05, 0) is 25.3 Å². The predicted molar refractivity (Wildman–Crippen MR) is 96.5 cm³/mol. The molecule has 0 unspecified atom stereocenters. The smallest absolute Gasteiger partial charge is 0.322 e. The highest BCUT2D eigenvalue weighted by Gasteiger charge is 2.52. The number of hydrogen-bond acceptors (Lipinski definition) is 4. The number of imide groups is 1. The third kappa shape index (κ3) is 3.81. The summed E-state index contributed by atoms with van der Waals surface area (Å²) in [6.45, 7) is 1.78. The first-order chi connectivity index (χ1) is 12.0. The molecular formula is C18H23N3O3S. The zero-order chi connectivity index (χ0) is 17.9. The van der Waals surface area contributed by atoms with E-state index in [1.807, 2.05) is 30.3 Å². The summed E-state index contributed by atoms with van der Waals surface area (Å²) in [5.41, 5.74) is 2.81. The molecule has 0 bridgehead atoms. The largest absolute Gasteiger partial charge is 0.344 e. The number of thioether (sulfide) groups is 1. The van der Waals surface area contributed by atoms with Crippen LogP contribution in [0.15, 0.2) is 30.3 Å². The Hall–Kier alpha value is -2.02. The quantitative estimate of drug-likeness (QED) is 0.790. The van der Waals surface area contributed by atoms with Gasteiger partial charge in [0.1, 0.15) is 5.54 Å². The van der Waals surface area contributed by atoms with Crippen molar-refractivity contribution in [3.05, 3.63) is 35.9 Å². The zero-order valence-corrected chi connectivity index (χ0v) is 15.1. The SMILES string of the molecule is C[C@@H](SCc1ccccc1)C(=O)NN1C(=O)NC2(CCCCC2)C1=O. The molecule has 1 aromatic carbocycles. The number of rotatable bonds is 5. The van der Waals surface area contributed by atoms with Gasteiger partial charge in [0.2, 0.25) is 0 Å². The summed E-state index contributed by atoms with van der Waals surface area (Å²) in [5.74, 6) is 0.0302. The Morgan fingerprint density at radius 1 is 1.24 bits per heavy atom. The first kappa shape index (κ1) is 17.8. The highest BCUT2D eigenvalue weighted by Crippen LogP contribution is 2.33. The summed E-state index contributed by atoms with van der Waals surface area (Å²) in [6, 6.07) is 9.34. The van der Waals surface area contributed by atoms with Gasteiger partial charge in [-0.3, -0.25) is 15.0 Å². The average Bonchev–Trinajstić information content (AvgIpc) is 2.85. The van der Waals surface area contributed by atoms with E-state index in [4.69, 9.17) is 0 Å². The molecule has 2 N–H and O–H groups in total. The highest BCUT2D eigenvalue weighted by atomic mass is 32.2. The number of benzene rings is 1. The molecule has 1 atom stereocenters. The second-order valence-corrected chi connectivity index (χ2v) is 7.96. The molecular weight excluding hydrogens is 338 g/mol. The zero-order valence-electron chi connectivity index (χ0n) is 14.3. The minimum Gasteiger partial charge on any atom is -0.322 e. The molecule has 4 amide bonds. The summed E-state index contributed by atoms with van der Waals surface area (Å²) in [6.07, 6.45) is 4.18. The minimum absolute atomic E-state index is 0.328. The Morgan fingerprint density at radius 3 is 2.60 bits per heavy atom.